The van der Waals surface area contributed by atoms with Crippen molar-refractivity contribution >= 4 is 11.3 Å². The summed E-state index contributed by atoms with van der Waals surface area (Å²) in [6, 6.07) is 7.66. The summed E-state index contributed by atoms with van der Waals surface area (Å²) in [5.41, 5.74) is 0.696. The number of tetrazole rings is 1. The summed E-state index contributed by atoms with van der Waals surface area (Å²) in [5, 5.41) is 24.6. The van der Waals surface area contributed by atoms with Gasteiger partial charge >= 0.3 is 6.18 Å². The molecule has 1 heterocycles. The lowest BCUT2D eigenvalue weighted by Crippen LogP contribution is -2.19. The molecule has 0 saturated carbocycles. The molecule has 0 aliphatic carbocycles. The van der Waals surface area contributed by atoms with Crippen LogP contribution in [0.2, 0.25) is 0 Å². The van der Waals surface area contributed by atoms with E-state index in [0.29, 0.717) is 5.69 Å². The van der Waals surface area contributed by atoms with Gasteiger partial charge in [0.05, 0.1) is 0 Å². The first-order valence-electron chi connectivity index (χ1n) is 5.88. The van der Waals surface area contributed by atoms with Gasteiger partial charge in [-0.3, -0.25) is 0 Å². The van der Waals surface area contributed by atoms with Gasteiger partial charge in [0.1, 0.15) is 17.4 Å². The first-order valence-corrected chi connectivity index (χ1v) is 5.88. The van der Waals surface area contributed by atoms with E-state index in [4.69, 9.17) is 5.26 Å². The van der Waals surface area contributed by atoms with Crippen LogP contribution < -0.4 is 10.1 Å². The average Bonchev–Trinajstić information content (AvgIpc) is 3.00. The fourth-order valence-corrected chi connectivity index (χ4v) is 1.39. The number of H-pyrrole nitrogens is 1. The number of ether oxygens (including phenoxy) is 1. The highest BCUT2D eigenvalue weighted by Crippen LogP contribution is 2.20. The van der Waals surface area contributed by atoms with Gasteiger partial charge in [0, 0.05) is 11.9 Å². The van der Waals surface area contributed by atoms with Gasteiger partial charge in [0.15, 0.2) is 6.61 Å². The van der Waals surface area contributed by atoms with E-state index in [1.807, 2.05) is 6.07 Å². The van der Waals surface area contributed by atoms with Crippen LogP contribution in [0.15, 0.2) is 30.5 Å². The summed E-state index contributed by atoms with van der Waals surface area (Å²) >= 11 is 0. The van der Waals surface area contributed by atoms with Crippen molar-refractivity contribution in [2.24, 2.45) is 0 Å². The van der Waals surface area contributed by atoms with Crippen molar-refractivity contribution in [3.8, 4) is 11.8 Å². The molecule has 0 spiro atoms. The summed E-state index contributed by atoms with van der Waals surface area (Å²) in [6.45, 7) is -1.35. The smallest absolute Gasteiger partial charge is 0.422 e. The molecule has 0 fully saturated rings. The van der Waals surface area contributed by atoms with Crippen molar-refractivity contribution in [2.45, 2.75) is 6.18 Å². The number of aromatic nitrogens is 4. The Morgan fingerprint density at radius 2 is 2.09 bits per heavy atom. The molecule has 7 nitrogen and oxygen atoms in total. The normalized spacial score (nSPS) is 11.8. The molecule has 2 N–H and O–H groups in total. The van der Waals surface area contributed by atoms with Gasteiger partial charge in [-0.1, -0.05) is 0 Å². The predicted octanol–water partition coefficient (Wildman–Crippen LogP) is 2.12. The van der Waals surface area contributed by atoms with Crippen molar-refractivity contribution in [3.63, 3.8) is 0 Å². The highest BCUT2D eigenvalue weighted by atomic mass is 19.4. The summed E-state index contributed by atoms with van der Waals surface area (Å²) < 4.78 is 40.6. The van der Waals surface area contributed by atoms with Crippen molar-refractivity contribution < 1.29 is 17.9 Å². The van der Waals surface area contributed by atoms with Crippen molar-refractivity contribution in [2.75, 3.05) is 11.9 Å². The molecule has 1 aromatic heterocycles. The van der Waals surface area contributed by atoms with Crippen molar-refractivity contribution in [1.29, 1.82) is 5.26 Å². The van der Waals surface area contributed by atoms with Crippen LogP contribution in [-0.2, 0) is 0 Å². The lowest BCUT2D eigenvalue weighted by molar-refractivity contribution is -0.153. The largest absolute Gasteiger partial charge is 0.484 e. The SMILES string of the molecule is N#CC(=CNc1ccc(OCC(F)(F)F)cc1)c1nn[nH]n1. The summed E-state index contributed by atoms with van der Waals surface area (Å²) in [7, 11) is 0. The second-order valence-corrected chi connectivity index (χ2v) is 3.98. The molecule has 0 aliphatic heterocycles. The fraction of sp³-hybridized carbons (Fsp3) is 0.167. The van der Waals surface area contributed by atoms with Gasteiger partial charge in [-0.15, -0.1) is 10.2 Å². The maximum Gasteiger partial charge on any atom is 0.422 e. The van der Waals surface area contributed by atoms with E-state index >= 15 is 0 Å². The first kappa shape index (κ1) is 15.3. The molecule has 1 aromatic carbocycles. The van der Waals surface area contributed by atoms with Gasteiger partial charge in [-0.25, -0.2) is 0 Å². The number of rotatable bonds is 5. The van der Waals surface area contributed by atoms with Crippen LogP contribution in [0, 0.1) is 11.3 Å². The van der Waals surface area contributed by atoms with Crippen LogP contribution in [0.3, 0.4) is 0 Å². The maximum atomic E-state index is 12.0. The Labute approximate surface area is 122 Å². The van der Waals surface area contributed by atoms with Gasteiger partial charge < -0.3 is 10.1 Å². The number of hydrogen-bond donors (Lipinski definition) is 2. The number of aromatic amines is 1. The minimum absolute atomic E-state index is 0.0885. The van der Waals surface area contributed by atoms with Gasteiger partial charge in [-0.05, 0) is 29.5 Å². The Bertz CT molecular complexity index is 672. The molecule has 2 aromatic rings. The number of hydrogen-bond acceptors (Lipinski definition) is 6. The van der Waals surface area contributed by atoms with Crippen LogP contribution in [0.4, 0.5) is 18.9 Å². The molecule has 0 saturated heterocycles. The van der Waals surface area contributed by atoms with Crippen LogP contribution >= 0.6 is 0 Å². The van der Waals surface area contributed by atoms with E-state index < -0.39 is 12.8 Å². The van der Waals surface area contributed by atoms with Crippen LogP contribution in [0.1, 0.15) is 5.82 Å². The number of benzene rings is 1. The molecule has 0 aliphatic rings. The predicted molar refractivity (Wildman–Crippen MR) is 69.4 cm³/mol. The molecule has 0 amide bonds. The summed E-state index contributed by atoms with van der Waals surface area (Å²) in [5.74, 6) is 0.214. The van der Waals surface area contributed by atoms with E-state index in [1.54, 1.807) is 0 Å². The first-order chi connectivity index (χ1) is 10.5. The standard InChI is InChI=1S/C12H9F3N6O/c13-12(14,15)7-22-10-3-1-9(2-4-10)17-6-8(5-16)11-18-20-21-19-11/h1-4,6,17H,7H2,(H,18,19,20,21). The van der Waals surface area contributed by atoms with Gasteiger partial charge in [0.25, 0.3) is 0 Å². The lowest BCUT2D eigenvalue weighted by atomic mass is 10.3. The van der Waals surface area contributed by atoms with Crippen molar-refractivity contribution in [1.82, 2.24) is 20.6 Å². The molecular weight excluding hydrogens is 301 g/mol. The molecule has 0 unspecified atom stereocenters. The molecule has 22 heavy (non-hydrogen) atoms. The molecule has 0 bridgehead atoms. The maximum absolute atomic E-state index is 12.0. The molecule has 10 heteroatoms. The van der Waals surface area contributed by atoms with E-state index in [2.05, 4.69) is 30.7 Å². The van der Waals surface area contributed by atoms with Gasteiger partial charge in [0.2, 0.25) is 5.82 Å². The zero-order chi connectivity index (χ0) is 16.0. The minimum atomic E-state index is -4.38. The number of nitrogens with zero attached hydrogens (tertiary/aromatic N) is 4. The fourth-order valence-electron chi connectivity index (χ4n) is 1.39. The average molecular weight is 310 g/mol. The van der Waals surface area contributed by atoms with Crippen molar-refractivity contribution in [3.05, 3.63) is 36.3 Å². The van der Waals surface area contributed by atoms with E-state index in [1.165, 1.54) is 30.5 Å². The number of anilines is 1. The van der Waals surface area contributed by atoms with E-state index in [-0.39, 0.29) is 17.1 Å². The number of halogens is 3. The molecule has 0 atom stereocenters. The van der Waals surface area contributed by atoms with Gasteiger partial charge in [-0.2, -0.15) is 23.6 Å². The Morgan fingerprint density at radius 3 is 2.64 bits per heavy atom. The zero-order valence-corrected chi connectivity index (χ0v) is 10.9. The Morgan fingerprint density at radius 1 is 1.36 bits per heavy atom. The number of allylic oxidation sites excluding steroid dienone is 1. The molecule has 0 radical (unpaired) electrons. The van der Waals surface area contributed by atoms with E-state index in [9.17, 15) is 13.2 Å². The third-order valence-electron chi connectivity index (χ3n) is 2.35. The monoisotopic (exact) mass is 310 g/mol. The Kier molecular flexibility index (Phi) is 4.57. The van der Waals surface area contributed by atoms with Crippen LogP contribution in [-0.4, -0.2) is 33.4 Å². The van der Waals surface area contributed by atoms with E-state index in [0.717, 1.165) is 0 Å². The Hall–Kier alpha value is -3.09. The van der Waals surface area contributed by atoms with Crippen LogP contribution in [0.25, 0.3) is 5.57 Å². The second-order valence-electron chi connectivity index (χ2n) is 3.98. The third-order valence-corrected chi connectivity index (χ3v) is 2.35. The summed E-state index contributed by atoms with van der Waals surface area (Å²) in [4.78, 5) is 0. The third kappa shape index (κ3) is 4.48. The zero-order valence-electron chi connectivity index (χ0n) is 10.9. The van der Waals surface area contributed by atoms with Crippen LogP contribution in [0.5, 0.6) is 5.75 Å². The number of nitrogens with one attached hydrogen (secondary N) is 2. The summed E-state index contributed by atoms with van der Waals surface area (Å²) in [6.07, 6.45) is -3.03. The molecule has 114 valence electrons. The highest BCUT2D eigenvalue weighted by Gasteiger charge is 2.28. The quantitative estimate of drug-likeness (QED) is 0.821. The Balaban J connectivity index is 1.98. The molecule has 2 rings (SSSR count). The highest BCUT2D eigenvalue weighted by molar-refractivity contribution is 5.74. The number of alkyl halides is 3. The molecular formula is C12H9F3N6O. The second kappa shape index (κ2) is 6.57. The topological polar surface area (TPSA) is 99.5 Å². The lowest BCUT2D eigenvalue weighted by Gasteiger charge is -2.09. The minimum Gasteiger partial charge on any atom is -0.484 e. The number of nitriles is 1.